The first-order chi connectivity index (χ1) is 17.6. The summed E-state index contributed by atoms with van der Waals surface area (Å²) in [4.78, 5) is 27.3. The van der Waals surface area contributed by atoms with Crippen LogP contribution in [0.25, 0.3) is 16.6 Å². The van der Waals surface area contributed by atoms with Gasteiger partial charge in [0.2, 0.25) is 5.91 Å². The second kappa shape index (κ2) is 9.23. The number of amides is 2. The molecular formula is C27H22ClF3N4O2. The highest BCUT2D eigenvalue weighted by molar-refractivity contribution is 6.31. The molecule has 1 aromatic heterocycles. The third-order valence-corrected chi connectivity index (χ3v) is 6.95. The lowest BCUT2D eigenvalue weighted by atomic mass is 9.94. The minimum absolute atomic E-state index is 0.340. The Morgan fingerprint density at radius 1 is 1.05 bits per heavy atom. The molecule has 3 aromatic carbocycles. The summed E-state index contributed by atoms with van der Waals surface area (Å²) < 4.78 is 42.6. The number of hydrogen-bond donors (Lipinski definition) is 1. The van der Waals surface area contributed by atoms with Gasteiger partial charge < -0.3 is 10.2 Å². The standard InChI is InChI=1S/C27H22ClF3N4O2/c1-15-23(33-26(37)27(2,30)31)24(20-5-3-4-6-21(20)28)34(25(15)36)19-11-12-22-16(13-19)14-32-35(22)18-9-7-17(29)8-10-18/h3-15,23-24H,1-2H3,(H,33,37). The fourth-order valence-electron chi connectivity index (χ4n) is 4.72. The molecule has 4 aromatic rings. The Morgan fingerprint density at radius 2 is 1.73 bits per heavy atom. The van der Waals surface area contributed by atoms with Crippen LogP contribution in [0.4, 0.5) is 18.9 Å². The molecule has 0 spiro atoms. The Kier molecular flexibility index (Phi) is 6.19. The van der Waals surface area contributed by atoms with E-state index in [1.165, 1.54) is 17.0 Å². The molecule has 5 rings (SSSR count). The number of carbonyl (C=O) groups is 2. The molecule has 2 amide bonds. The maximum Gasteiger partial charge on any atom is 0.321 e. The van der Waals surface area contributed by atoms with E-state index >= 15 is 0 Å². The zero-order valence-electron chi connectivity index (χ0n) is 19.8. The highest BCUT2D eigenvalue weighted by atomic mass is 35.5. The molecule has 10 heteroatoms. The predicted molar refractivity (Wildman–Crippen MR) is 134 cm³/mol. The van der Waals surface area contributed by atoms with Gasteiger partial charge in [0.05, 0.1) is 35.4 Å². The number of hydrogen-bond acceptors (Lipinski definition) is 3. The summed E-state index contributed by atoms with van der Waals surface area (Å²) in [7, 11) is 0. The number of nitrogens with zero attached hydrogens (tertiary/aromatic N) is 3. The average Bonchev–Trinajstić information content (AvgIpc) is 3.38. The second-order valence-corrected chi connectivity index (χ2v) is 9.53. The largest absolute Gasteiger partial charge is 0.345 e. The number of carbonyl (C=O) groups excluding carboxylic acids is 2. The number of alkyl halides is 2. The molecule has 1 N–H and O–H groups in total. The first-order valence-corrected chi connectivity index (χ1v) is 11.9. The fourth-order valence-corrected chi connectivity index (χ4v) is 4.97. The monoisotopic (exact) mass is 526 g/mol. The van der Waals surface area contributed by atoms with Gasteiger partial charge in [-0.3, -0.25) is 9.59 Å². The summed E-state index contributed by atoms with van der Waals surface area (Å²) in [5.74, 6) is -6.59. The van der Waals surface area contributed by atoms with Crippen LogP contribution in [0, 0.1) is 11.7 Å². The van der Waals surface area contributed by atoms with Gasteiger partial charge >= 0.3 is 5.92 Å². The molecule has 37 heavy (non-hydrogen) atoms. The number of nitrogens with one attached hydrogen (secondary N) is 1. The summed E-state index contributed by atoms with van der Waals surface area (Å²) in [6.07, 6.45) is 1.62. The Balaban J connectivity index is 1.59. The zero-order chi connectivity index (χ0) is 26.5. The second-order valence-electron chi connectivity index (χ2n) is 9.13. The molecule has 190 valence electrons. The topological polar surface area (TPSA) is 67.2 Å². The molecule has 1 aliphatic rings. The van der Waals surface area contributed by atoms with Gasteiger partial charge in [-0.25, -0.2) is 9.07 Å². The molecule has 6 nitrogen and oxygen atoms in total. The van der Waals surface area contributed by atoms with Crippen LogP contribution < -0.4 is 10.2 Å². The van der Waals surface area contributed by atoms with Crippen molar-refractivity contribution in [1.29, 1.82) is 0 Å². The van der Waals surface area contributed by atoms with Gasteiger partial charge in [0.15, 0.2) is 0 Å². The molecule has 1 fully saturated rings. The number of anilines is 1. The minimum Gasteiger partial charge on any atom is -0.345 e. The predicted octanol–water partition coefficient (Wildman–Crippen LogP) is 5.68. The molecule has 0 saturated carbocycles. The maximum atomic E-state index is 13.8. The highest BCUT2D eigenvalue weighted by Crippen LogP contribution is 2.43. The van der Waals surface area contributed by atoms with Gasteiger partial charge in [0, 0.05) is 23.0 Å². The van der Waals surface area contributed by atoms with Crippen LogP contribution in [0.2, 0.25) is 5.02 Å². The fraction of sp³-hybridized carbons (Fsp3) is 0.222. The quantitative estimate of drug-likeness (QED) is 0.364. The van der Waals surface area contributed by atoms with Gasteiger partial charge in [-0.2, -0.15) is 13.9 Å². The van der Waals surface area contributed by atoms with E-state index in [-0.39, 0.29) is 11.7 Å². The minimum atomic E-state index is -3.62. The van der Waals surface area contributed by atoms with Crippen LogP contribution in [0.15, 0.2) is 72.9 Å². The molecule has 3 unspecified atom stereocenters. The van der Waals surface area contributed by atoms with Gasteiger partial charge in [-0.15, -0.1) is 0 Å². The SMILES string of the molecule is CC1C(=O)N(c2ccc3c(cnn3-c3ccc(F)cc3)c2)C(c2ccccc2Cl)C1NC(=O)C(C)(F)F. The lowest BCUT2D eigenvalue weighted by molar-refractivity contribution is -0.144. The summed E-state index contributed by atoms with van der Waals surface area (Å²) in [6.45, 7) is 2.11. The molecule has 0 radical (unpaired) electrons. The van der Waals surface area contributed by atoms with Crippen molar-refractivity contribution in [3.8, 4) is 5.69 Å². The van der Waals surface area contributed by atoms with Crippen molar-refractivity contribution in [3.05, 3.63) is 89.3 Å². The number of aromatic nitrogens is 2. The van der Waals surface area contributed by atoms with E-state index < -0.39 is 29.8 Å². The van der Waals surface area contributed by atoms with Crippen LogP contribution in [-0.2, 0) is 9.59 Å². The van der Waals surface area contributed by atoms with E-state index in [1.54, 1.807) is 72.4 Å². The van der Waals surface area contributed by atoms with Gasteiger partial charge in [-0.1, -0.05) is 36.7 Å². The number of halogens is 4. The molecular weight excluding hydrogens is 505 g/mol. The Hall–Kier alpha value is -3.85. The summed E-state index contributed by atoms with van der Waals surface area (Å²) >= 11 is 6.48. The van der Waals surface area contributed by atoms with E-state index in [0.29, 0.717) is 34.3 Å². The Bertz CT molecular complexity index is 1500. The molecule has 0 bridgehead atoms. The van der Waals surface area contributed by atoms with E-state index in [1.807, 2.05) is 0 Å². The van der Waals surface area contributed by atoms with E-state index in [0.717, 1.165) is 5.52 Å². The van der Waals surface area contributed by atoms with E-state index in [4.69, 9.17) is 11.6 Å². The van der Waals surface area contributed by atoms with Crippen molar-refractivity contribution in [2.75, 3.05) is 4.90 Å². The Morgan fingerprint density at radius 3 is 2.41 bits per heavy atom. The highest BCUT2D eigenvalue weighted by Gasteiger charge is 2.50. The van der Waals surface area contributed by atoms with Crippen LogP contribution >= 0.6 is 11.6 Å². The number of rotatable bonds is 5. The zero-order valence-corrected chi connectivity index (χ0v) is 20.6. The molecule has 0 aliphatic carbocycles. The van der Waals surface area contributed by atoms with Gasteiger partial charge in [-0.05, 0) is 54.1 Å². The van der Waals surface area contributed by atoms with Crippen LogP contribution in [0.3, 0.4) is 0 Å². The van der Waals surface area contributed by atoms with Gasteiger partial charge in [0.25, 0.3) is 5.91 Å². The maximum absolute atomic E-state index is 13.8. The van der Waals surface area contributed by atoms with Crippen molar-refractivity contribution in [2.45, 2.75) is 31.9 Å². The molecule has 1 aliphatic heterocycles. The third-order valence-electron chi connectivity index (χ3n) is 6.61. The van der Waals surface area contributed by atoms with Crippen LogP contribution in [0.1, 0.15) is 25.5 Å². The molecule has 1 saturated heterocycles. The smallest absolute Gasteiger partial charge is 0.321 e. The average molecular weight is 527 g/mol. The first kappa shape index (κ1) is 24.8. The first-order valence-electron chi connectivity index (χ1n) is 11.6. The molecule has 3 atom stereocenters. The van der Waals surface area contributed by atoms with Crippen molar-refractivity contribution >= 4 is 40.0 Å². The van der Waals surface area contributed by atoms with Gasteiger partial charge in [0.1, 0.15) is 5.82 Å². The van der Waals surface area contributed by atoms with Crippen LogP contribution in [-0.4, -0.2) is 33.6 Å². The molecule has 2 heterocycles. The number of fused-ring (bicyclic) bond motifs is 1. The lowest BCUT2D eigenvalue weighted by Gasteiger charge is -2.30. The van der Waals surface area contributed by atoms with Crippen molar-refractivity contribution in [3.63, 3.8) is 0 Å². The van der Waals surface area contributed by atoms with Crippen molar-refractivity contribution < 1.29 is 22.8 Å². The van der Waals surface area contributed by atoms with Crippen molar-refractivity contribution in [2.24, 2.45) is 5.92 Å². The Labute approximate surface area is 215 Å². The van der Waals surface area contributed by atoms with Crippen LogP contribution in [0.5, 0.6) is 0 Å². The normalized spacial score (nSPS) is 20.0. The number of benzene rings is 3. The lowest BCUT2D eigenvalue weighted by Crippen LogP contribution is -2.48. The van der Waals surface area contributed by atoms with E-state index in [2.05, 4.69) is 10.4 Å². The van der Waals surface area contributed by atoms with Crippen molar-refractivity contribution in [1.82, 2.24) is 15.1 Å². The summed E-state index contributed by atoms with van der Waals surface area (Å²) in [5.41, 5.74) is 2.40. The van der Waals surface area contributed by atoms with E-state index in [9.17, 15) is 22.8 Å². The summed E-state index contributed by atoms with van der Waals surface area (Å²) in [6, 6.07) is 16.2. The summed E-state index contributed by atoms with van der Waals surface area (Å²) in [5, 5.41) is 7.83. The third kappa shape index (κ3) is 4.44.